The summed E-state index contributed by atoms with van der Waals surface area (Å²) in [6, 6.07) is 17.8. The molecule has 2 heterocycles. The molecule has 1 aromatic heterocycles. The van der Waals surface area contributed by atoms with E-state index in [2.05, 4.69) is 9.98 Å². The molecule has 3 aromatic carbocycles. The molecule has 10 heteroatoms. The van der Waals surface area contributed by atoms with E-state index in [1.165, 1.54) is 6.07 Å². The van der Waals surface area contributed by atoms with Crippen molar-refractivity contribution in [1.29, 1.82) is 0 Å². The van der Waals surface area contributed by atoms with Crippen molar-refractivity contribution in [1.82, 2.24) is 8.96 Å². The van der Waals surface area contributed by atoms with E-state index in [1.54, 1.807) is 39.0 Å². The van der Waals surface area contributed by atoms with Crippen molar-refractivity contribution in [3.8, 4) is 0 Å². The van der Waals surface area contributed by atoms with Gasteiger partial charge in [-0.3, -0.25) is 0 Å². The Bertz CT molecular complexity index is 1660. The number of aromatic nitrogens is 2. The van der Waals surface area contributed by atoms with Crippen LogP contribution >= 0.6 is 0 Å². The number of imidazole rings is 1. The lowest BCUT2D eigenvalue weighted by Gasteiger charge is -2.24. The van der Waals surface area contributed by atoms with Gasteiger partial charge in [-0.2, -0.15) is 0 Å². The quantitative estimate of drug-likeness (QED) is 0.425. The highest BCUT2D eigenvalue weighted by Crippen LogP contribution is 2.38. The molecule has 4 aromatic rings. The summed E-state index contributed by atoms with van der Waals surface area (Å²) in [5.41, 5.74) is 6.89. The van der Waals surface area contributed by atoms with Gasteiger partial charge in [0, 0.05) is 0 Å². The number of nitrogens with zero attached hydrogens (tertiary/aromatic N) is 4. The number of halogens is 2. The SMILES string of the molecule is CC(C)S(=O)(=O)n1c(N)nc2ccc(C3(C)N=C(c4c(F)cccc4F)N=C3c3ccccc3)cc21. The first-order valence-electron chi connectivity index (χ1n) is 11.3. The zero-order chi connectivity index (χ0) is 25.8. The van der Waals surface area contributed by atoms with Crippen molar-refractivity contribution in [2.45, 2.75) is 31.6 Å². The fourth-order valence-corrected chi connectivity index (χ4v) is 5.47. The fourth-order valence-electron chi connectivity index (χ4n) is 4.32. The number of anilines is 1. The maximum Gasteiger partial charge on any atom is 0.244 e. The number of amidine groups is 1. The number of fused-ring (bicyclic) bond motifs is 1. The summed E-state index contributed by atoms with van der Waals surface area (Å²) in [4.78, 5) is 13.5. The minimum atomic E-state index is -3.82. The number of nitrogens with two attached hydrogens (primary N) is 1. The number of nitrogen functional groups attached to an aromatic ring is 1. The summed E-state index contributed by atoms with van der Waals surface area (Å²) in [5.74, 6) is -1.80. The summed E-state index contributed by atoms with van der Waals surface area (Å²) in [5, 5.41) is -0.738. The predicted octanol–water partition coefficient (Wildman–Crippen LogP) is 4.65. The molecule has 0 fully saturated rings. The van der Waals surface area contributed by atoms with E-state index >= 15 is 0 Å². The van der Waals surface area contributed by atoms with Crippen LogP contribution in [0.25, 0.3) is 11.0 Å². The molecule has 184 valence electrons. The molecular weight excluding hydrogens is 484 g/mol. The largest absolute Gasteiger partial charge is 0.368 e. The van der Waals surface area contributed by atoms with Gasteiger partial charge in [-0.25, -0.2) is 36.1 Å². The molecule has 0 bridgehead atoms. The number of rotatable bonds is 5. The highest BCUT2D eigenvalue weighted by atomic mass is 32.2. The molecule has 7 nitrogen and oxygen atoms in total. The summed E-state index contributed by atoms with van der Waals surface area (Å²) in [7, 11) is -3.82. The molecule has 0 amide bonds. The smallest absolute Gasteiger partial charge is 0.244 e. The Morgan fingerprint density at radius 3 is 2.28 bits per heavy atom. The van der Waals surface area contributed by atoms with Crippen LogP contribution in [-0.4, -0.2) is 34.2 Å². The maximum atomic E-state index is 14.7. The lowest BCUT2D eigenvalue weighted by Crippen LogP contribution is -2.29. The van der Waals surface area contributed by atoms with Crippen LogP contribution in [-0.2, 0) is 15.6 Å². The molecule has 0 saturated carbocycles. The van der Waals surface area contributed by atoms with Gasteiger partial charge in [-0.1, -0.05) is 42.5 Å². The normalized spacial score (nSPS) is 18.1. The van der Waals surface area contributed by atoms with E-state index in [9.17, 15) is 17.2 Å². The summed E-state index contributed by atoms with van der Waals surface area (Å²) in [6.45, 7) is 4.89. The lowest BCUT2D eigenvalue weighted by molar-refractivity contribution is 0.577. The maximum absolute atomic E-state index is 14.7. The third kappa shape index (κ3) is 3.60. The molecular formula is C26H23F2N5O2S. The molecule has 0 radical (unpaired) electrons. The van der Waals surface area contributed by atoms with Gasteiger partial charge in [0.05, 0.1) is 27.6 Å². The molecule has 0 saturated heterocycles. The number of hydrogen-bond donors (Lipinski definition) is 1. The Balaban J connectivity index is 1.77. The summed E-state index contributed by atoms with van der Waals surface area (Å²) < 4.78 is 56.5. The third-order valence-corrected chi connectivity index (χ3v) is 8.38. The van der Waals surface area contributed by atoms with Crippen molar-refractivity contribution >= 4 is 38.6 Å². The standard InChI is InChI=1S/C26H23F2N5O2S/c1-15(2)36(34,35)33-21-14-17(12-13-20(21)30-25(33)29)26(3)23(16-8-5-4-6-9-16)31-24(32-26)22-18(27)10-7-11-19(22)28/h4-15H,1-3H3,(H2,29,30). The molecule has 0 aliphatic carbocycles. The van der Waals surface area contributed by atoms with E-state index < -0.39 is 32.4 Å². The number of benzene rings is 3. The Labute approximate surface area is 207 Å². The second-order valence-corrected chi connectivity index (χ2v) is 11.3. The van der Waals surface area contributed by atoms with Gasteiger partial charge in [0.25, 0.3) is 0 Å². The first-order chi connectivity index (χ1) is 17.0. The molecule has 1 unspecified atom stereocenters. The monoisotopic (exact) mass is 507 g/mol. The van der Waals surface area contributed by atoms with Crippen LogP contribution in [0.15, 0.2) is 76.7 Å². The van der Waals surface area contributed by atoms with Gasteiger partial charge in [-0.05, 0) is 56.2 Å². The highest BCUT2D eigenvalue weighted by molar-refractivity contribution is 7.90. The average Bonchev–Trinajstić information content (AvgIpc) is 3.36. The van der Waals surface area contributed by atoms with Crippen molar-refractivity contribution < 1.29 is 17.2 Å². The molecule has 2 N–H and O–H groups in total. The van der Waals surface area contributed by atoms with Crippen molar-refractivity contribution in [3.05, 3.63) is 95.1 Å². The van der Waals surface area contributed by atoms with Crippen LogP contribution in [0.2, 0.25) is 0 Å². The minimum absolute atomic E-state index is 0.0881. The van der Waals surface area contributed by atoms with Crippen LogP contribution in [0, 0.1) is 11.6 Å². The second kappa shape index (κ2) is 8.34. The first kappa shape index (κ1) is 23.8. The van der Waals surface area contributed by atoms with Crippen molar-refractivity contribution in [3.63, 3.8) is 0 Å². The Kier molecular flexibility index (Phi) is 5.51. The lowest BCUT2D eigenvalue weighted by atomic mass is 9.84. The van der Waals surface area contributed by atoms with Gasteiger partial charge < -0.3 is 5.73 Å². The van der Waals surface area contributed by atoms with Crippen molar-refractivity contribution in [2.24, 2.45) is 9.98 Å². The van der Waals surface area contributed by atoms with Crippen LogP contribution in [0.4, 0.5) is 14.7 Å². The van der Waals surface area contributed by atoms with Crippen LogP contribution in [0.1, 0.15) is 37.5 Å². The zero-order valence-electron chi connectivity index (χ0n) is 19.8. The summed E-state index contributed by atoms with van der Waals surface area (Å²) in [6.07, 6.45) is 0. The van der Waals surface area contributed by atoms with Gasteiger partial charge in [0.2, 0.25) is 16.0 Å². The second-order valence-electron chi connectivity index (χ2n) is 8.96. The van der Waals surface area contributed by atoms with E-state index in [4.69, 9.17) is 10.7 Å². The van der Waals surface area contributed by atoms with Crippen LogP contribution in [0.5, 0.6) is 0 Å². The zero-order valence-corrected chi connectivity index (χ0v) is 20.6. The predicted molar refractivity (Wildman–Crippen MR) is 137 cm³/mol. The average molecular weight is 508 g/mol. The van der Waals surface area contributed by atoms with Gasteiger partial charge in [0.15, 0.2) is 5.84 Å². The van der Waals surface area contributed by atoms with E-state index in [1.807, 2.05) is 30.3 Å². The van der Waals surface area contributed by atoms with E-state index in [-0.39, 0.29) is 22.9 Å². The van der Waals surface area contributed by atoms with Gasteiger partial charge in [0.1, 0.15) is 17.2 Å². The minimum Gasteiger partial charge on any atom is -0.368 e. The number of hydrogen-bond acceptors (Lipinski definition) is 6. The van der Waals surface area contributed by atoms with Crippen LogP contribution in [0.3, 0.4) is 0 Å². The summed E-state index contributed by atoms with van der Waals surface area (Å²) >= 11 is 0. The Morgan fingerprint density at radius 2 is 1.64 bits per heavy atom. The molecule has 1 atom stereocenters. The molecule has 36 heavy (non-hydrogen) atoms. The molecule has 0 spiro atoms. The first-order valence-corrected chi connectivity index (χ1v) is 12.8. The molecule has 1 aliphatic heterocycles. The van der Waals surface area contributed by atoms with Crippen molar-refractivity contribution in [2.75, 3.05) is 5.73 Å². The molecule has 5 rings (SSSR count). The molecule has 1 aliphatic rings. The van der Waals surface area contributed by atoms with Crippen LogP contribution < -0.4 is 5.73 Å². The Morgan fingerprint density at radius 1 is 0.972 bits per heavy atom. The van der Waals surface area contributed by atoms with Gasteiger partial charge in [-0.15, -0.1) is 0 Å². The number of aliphatic imine (C=N–C) groups is 2. The fraction of sp³-hybridized carbons (Fsp3) is 0.192. The van der Waals surface area contributed by atoms with E-state index in [0.29, 0.717) is 22.4 Å². The highest BCUT2D eigenvalue weighted by Gasteiger charge is 2.40. The Hall–Kier alpha value is -3.92. The topological polar surface area (TPSA) is 103 Å². The third-order valence-electron chi connectivity index (χ3n) is 6.29. The van der Waals surface area contributed by atoms with E-state index in [0.717, 1.165) is 16.1 Å². The van der Waals surface area contributed by atoms with Gasteiger partial charge >= 0.3 is 0 Å².